The number of hydrogen-bond acceptors (Lipinski definition) is 4. The molecule has 4 aromatic rings. The maximum absolute atomic E-state index is 13.3. The molecule has 0 unspecified atom stereocenters. The molecule has 0 atom stereocenters. The molecule has 0 bridgehead atoms. The fourth-order valence-corrected chi connectivity index (χ4v) is 4.31. The molecule has 158 valence electrons. The molecule has 0 fully saturated rings. The molecule has 0 radical (unpaired) electrons. The highest BCUT2D eigenvalue weighted by Gasteiger charge is 2.27. The molecule has 5 rings (SSSR count). The first kappa shape index (κ1) is 20.0. The second-order valence-electron chi connectivity index (χ2n) is 8.16. The van der Waals surface area contributed by atoms with Crippen LogP contribution in [0.5, 0.6) is 5.75 Å². The van der Waals surface area contributed by atoms with Gasteiger partial charge in [-0.05, 0) is 66.3 Å². The van der Waals surface area contributed by atoms with Crippen LogP contribution in [0.3, 0.4) is 0 Å². The standard InChI is InChI=1S/C28H23NO3/c1-18-5-4-6-20(15-18)17-32-28(31)26-23-7-2-3-8-25(23)29-27-21(11-14-24(26)27)16-19-9-12-22(30)13-10-19/h2-10,12-13,15-16,30H,11,14,17H2,1H3/b21-16+. The quantitative estimate of drug-likeness (QED) is 0.405. The van der Waals surface area contributed by atoms with E-state index in [0.29, 0.717) is 5.56 Å². The van der Waals surface area contributed by atoms with Crippen molar-refractivity contribution in [1.82, 2.24) is 4.98 Å². The summed E-state index contributed by atoms with van der Waals surface area (Å²) < 4.78 is 5.76. The number of phenols is 1. The Kier molecular flexibility index (Phi) is 5.20. The van der Waals surface area contributed by atoms with Gasteiger partial charge in [0, 0.05) is 5.39 Å². The van der Waals surface area contributed by atoms with Crippen molar-refractivity contribution < 1.29 is 14.6 Å². The van der Waals surface area contributed by atoms with Gasteiger partial charge in [-0.2, -0.15) is 0 Å². The van der Waals surface area contributed by atoms with Crippen molar-refractivity contribution in [2.45, 2.75) is 26.4 Å². The number of ether oxygens (including phenoxy) is 1. The van der Waals surface area contributed by atoms with Crippen molar-refractivity contribution in [3.05, 3.63) is 106 Å². The van der Waals surface area contributed by atoms with Gasteiger partial charge in [-0.25, -0.2) is 9.78 Å². The average molecular weight is 421 g/mol. The van der Waals surface area contributed by atoms with Gasteiger partial charge in [0.15, 0.2) is 0 Å². The lowest BCUT2D eigenvalue weighted by molar-refractivity contribution is 0.0473. The van der Waals surface area contributed by atoms with Crippen LogP contribution in [0.4, 0.5) is 0 Å². The second-order valence-corrected chi connectivity index (χ2v) is 8.16. The molecular weight excluding hydrogens is 398 g/mol. The van der Waals surface area contributed by atoms with Gasteiger partial charge in [-0.3, -0.25) is 0 Å². The highest BCUT2D eigenvalue weighted by Crippen LogP contribution is 2.38. The van der Waals surface area contributed by atoms with Crippen molar-refractivity contribution in [3.63, 3.8) is 0 Å². The Labute approximate surface area is 186 Å². The molecule has 0 saturated carbocycles. The summed E-state index contributed by atoms with van der Waals surface area (Å²) in [6.45, 7) is 2.26. The van der Waals surface area contributed by atoms with Gasteiger partial charge >= 0.3 is 5.97 Å². The second kappa shape index (κ2) is 8.31. The van der Waals surface area contributed by atoms with Gasteiger partial charge in [-0.15, -0.1) is 0 Å². The Bertz CT molecular complexity index is 1350. The van der Waals surface area contributed by atoms with Gasteiger partial charge in [0.05, 0.1) is 16.8 Å². The molecular formula is C28H23NO3. The number of fused-ring (bicyclic) bond motifs is 2. The summed E-state index contributed by atoms with van der Waals surface area (Å²) in [4.78, 5) is 18.2. The van der Waals surface area contributed by atoms with E-state index < -0.39 is 0 Å². The van der Waals surface area contributed by atoms with Crippen molar-refractivity contribution in [3.8, 4) is 5.75 Å². The van der Waals surface area contributed by atoms with Crippen LogP contribution in [-0.2, 0) is 17.8 Å². The number of para-hydroxylation sites is 1. The maximum Gasteiger partial charge on any atom is 0.339 e. The third-order valence-corrected chi connectivity index (χ3v) is 5.83. The number of pyridine rings is 1. The van der Waals surface area contributed by atoms with Gasteiger partial charge < -0.3 is 9.84 Å². The number of hydrogen-bond donors (Lipinski definition) is 1. The minimum absolute atomic E-state index is 0.238. The van der Waals surface area contributed by atoms with E-state index in [1.54, 1.807) is 12.1 Å². The van der Waals surface area contributed by atoms with Crippen LogP contribution in [0.25, 0.3) is 22.6 Å². The van der Waals surface area contributed by atoms with Crippen LogP contribution < -0.4 is 0 Å². The van der Waals surface area contributed by atoms with E-state index in [-0.39, 0.29) is 18.3 Å². The lowest BCUT2D eigenvalue weighted by Gasteiger charge is -2.13. The first-order chi connectivity index (χ1) is 15.6. The minimum Gasteiger partial charge on any atom is -0.508 e. The fourth-order valence-electron chi connectivity index (χ4n) is 4.31. The van der Waals surface area contributed by atoms with E-state index in [0.717, 1.165) is 57.3 Å². The zero-order chi connectivity index (χ0) is 22.1. The Morgan fingerprint density at radius 2 is 1.84 bits per heavy atom. The lowest BCUT2D eigenvalue weighted by Crippen LogP contribution is -2.10. The molecule has 32 heavy (non-hydrogen) atoms. The number of carbonyl (C=O) groups excluding carboxylic acids is 1. The van der Waals surface area contributed by atoms with Crippen molar-refractivity contribution in [2.75, 3.05) is 0 Å². The molecule has 0 spiro atoms. The maximum atomic E-state index is 13.3. The predicted octanol–water partition coefficient (Wildman–Crippen LogP) is 6.09. The fraction of sp³-hybridized carbons (Fsp3) is 0.143. The molecule has 1 aromatic heterocycles. The van der Waals surface area contributed by atoms with Gasteiger partial charge in [0.25, 0.3) is 0 Å². The Morgan fingerprint density at radius 3 is 2.66 bits per heavy atom. The molecule has 1 aliphatic carbocycles. The normalized spacial score (nSPS) is 14.0. The first-order valence-electron chi connectivity index (χ1n) is 10.7. The minimum atomic E-state index is -0.313. The molecule has 1 heterocycles. The van der Waals surface area contributed by atoms with Gasteiger partial charge in [0.1, 0.15) is 12.4 Å². The number of aromatic hydroxyl groups is 1. The third kappa shape index (κ3) is 3.87. The third-order valence-electron chi connectivity index (χ3n) is 5.83. The van der Waals surface area contributed by atoms with Crippen molar-refractivity contribution in [2.24, 2.45) is 0 Å². The number of nitrogens with zero attached hydrogens (tertiary/aromatic N) is 1. The predicted molar refractivity (Wildman–Crippen MR) is 126 cm³/mol. The van der Waals surface area contributed by atoms with E-state index in [2.05, 4.69) is 6.08 Å². The monoisotopic (exact) mass is 421 g/mol. The van der Waals surface area contributed by atoms with Crippen LogP contribution in [-0.4, -0.2) is 16.1 Å². The molecule has 3 aromatic carbocycles. The smallest absolute Gasteiger partial charge is 0.339 e. The summed E-state index contributed by atoms with van der Waals surface area (Å²) in [5.74, 6) is -0.0750. The molecule has 4 heteroatoms. The topological polar surface area (TPSA) is 59.4 Å². The van der Waals surface area contributed by atoms with Crippen molar-refractivity contribution in [1.29, 1.82) is 0 Å². The summed E-state index contributed by atoms with van der Waals surface area (Å²) in [5.41, 5.74) is 7.40. The number of aryl methyl sites for hydroxylation is 1. The Balaban J connectivity index is 1.54. The first-order valence-corrected chi connectivity index (χ1v) is 10.7. The van der Waals surface area contributed by atoms with Crippen LogP contribution in [0.2, 0.25) is 0 Å². The summed E-state index contributed by atoms with van der Waals surface area (Å²) >= 11 is 0. The number of carbonyl (C=O) groups is 1. The summed E-state index contributed by atoms with van der Waals surface area (Å²) in [6.07, 6.45) is 3.62. The molecule has 0 saturated heterocycles. The van der Waals surface area contributed by atoms with E-state index in [1.165, 1.54) is 0 Å². The van der Waals surface area contributed by atoms with Crippen LogP contribution >= 0.6 is 0 Å². The number of phenolic OH excluding ortho intramolecular Hbond substituents is 1. The molecule has 0 aliphatic heterocycles. The molecule has 1 aliphatic rings. The number of esters is 1. The van der Waals surface area contributed by atoms with Crippen molar-refractivity contribution >= 4 is 28.5 Å². The Morgan fingerprint density at radius 1 is 1.03 bits per heavy atom. The zero-order valence-corrected chi connectivity index (χ0v) is 17.8. The van der Waals surface area contributed by atoms with E-state index in [4.69, 9.17) is 9.72 Å². The Hall–Kier alpha value is -3.92. The molecule has 1 N–H and O–H groups in total. The van der Waals surface area contributed by atoms with E-state index >= 15 is 0 Å². The zero-order valence-electron chi connectivity index (χ0n) is 17.8. The van der Waals surface area contributed by atoms with E-state index in [9.17, 15) is 9.90 Å². The average Bonchev–Trinajstić information content (AvgIpc) is 3.19. The number of allylic oxidation sites excluding steroid dienone is 1. The van der Waals surface area contributed by atoms with Crippen LogP contribution in [0, 0.1) is 6.92 Å². The lowest BCUT2D eigenvalue weighted by atomic mass is 10.0. The largest absolute Gasteiger partial charge is 0.508 e. The highest BCUT2D eigenvalue weighted by atomic mass is 16.5. The summed E-state index contributed by atoms with van der Waals surface area (Å²) in [7, 11) is 0. The highest BCUT2D eigenvalue weighted by molar-refractivity contribution is 6.07. The number of benzene rings is 3. The number of aromatic nitrogens is 1. The summed E-state index contributed by atoms with van der Waals surface area (Å²) in [6, 6.07) is 22.8. The summed E-state index contributed by atoms with van der Waals surface area (Å²) in [5, 5.41) is 10.4. The molecule has 0 amide bonds. The molecule has 4 nitrogen and oxygen atoms in total. The number of rotatable bonds is 4. The van der Waals surface area contributed by atoms with Gasteiger partial charge in [0.2, 0.25) is 0 Å². The van der Waals surface area contributed by atoms with Crippen LogP contribution in [0.15, 0.2) is 72.8 Å². The van der Waals surface area contributed by atoms with Gasteiger partial charge in [-0.1, -0.05) is 60.2 Å². The SMILES string of the molecule is Cc1cccc(COC(=O)c2c3c(nc4ccccc24)/C(=C/c2ccc(O)cc2)CC3)c1. The van der Waals surface area contributed by atoms with Crippen LogP contribution in [0.1, 0.15) is 44.7 Å². The van der Waals surface area contributed by atoms with E-state index in [1.807, 2.05) is 67.6 Å².